The SMILES string of the molecule is CNc1nccnc1C[C@H]1CCCN(Cc2nccs2)C1. The van der Waals surface area contributed by atoms with E-state index in [1.165, 1.54) is 24.4 Å². The van der Waals surface area contributed by atoms with Crippen LogP contribution >= 0.6 is 11.3 Å². The fourth-order valence-corrected chi connectivity index (χ4v) is 3.64. The Labute approximate surface area is 129 Å². The van der Waals surface area contributed by atoms with Gasteiger partial charge >= 0.3 is 0 Å². The standard InChI is InChI=1S/C15H21N5S/c1-16-15-13(17-4-5-19-15)9-12-3-2-7-20(10-12)11-14-18-6-8-21-14/h4-6,8,12H,2-3,7,9-11H2,1H3,(H,16,19)/t12-/m1/s1. The first-order valence-corrected chi connectivity index (χ1v) is 8.31. The van der Waals surface area contributed by atoms with Gasteiger partial charge in [-0.1, -0.05) is 0 Å². The van der Waals surface area contributed by atoms with E-state index in [1.807, 2.05) is 13.2 Å². The van der Waals surface area contributed by atoms with Crippen molar-refractivity contribution in [1.29, 1.82) is 0 Å². The number of hydrogen-bond donors (Lipinski definition) is 1. The second kappa shape index (κ2) is 6.95. The van der Waals surface area contributed by atoms with Gasteiger partial charge < -0.3 is 5.32 Å². The largest absolute Gasteiger partial charge is 0.372 e. The van der Waals surface area contributed by atoms with Crippen LogP contribution in [0.4, 0.5) is 5.82 Å². The summed E-state index contributed by atoms with van der Waals surface area (Å²) in [5.41, 5.74) is 1.08. The number of piperidine rings is 1. The van der Waals surface area contributed by atoms with Crippen LogP contribution in [0.5, 0.6) is 0 Å². The van der Waals surface area contributed by atoms with Gasteiger partial charge in [0, 0.05) is 37.6 Å². The third kappa shape index (κ3) is 3.77. The van der Waals surface area contributed by atoms with Crippen LogP contribution in [0.15, 0.2) is 24.0 Å². The molecule has 112 valence electrons. The van der Waals surface area contributed by atoms with Gasteiger partial charge in [0.1, 0.15) is 10.8 Å². The maximum absolute atomic E-state index is 4.49. The second-order valence-electron chi connectivity index (χ2n) is 5.47. The van der Waals surface area contributed by atoms with Gasteiger partial charge in [0.05, 0.1) is 12.2 Å². The Morgan fingerprint density at radius 1 is 1.29 bits per heavy atom. The molecule has 0 radical (unpaired) electrons. The van der Waals surface area contributed by atoms with Gasteiger partial charge in [-0.25, -0.2) is 9.97 Å². The van der Waals surface area contributed by atoms with Gasteiger partial charge in [-0.15, -0.1) is 11.3 Å². The lowest BCUT2D eigenvalue weighted by molar-refractivity contribution is 0.166. The minimum Gasteiger partial charge on any atom is -0.372 e. The number of hydrogen-bond acceptors (Lipinski definition) is 6. The second-order valence-corrected chi connectivity index (χ2v) is 6.45. The normalized spacial score (nSPS) is 19.6. The first kappa shape index (κ1) is 14.4. The molecular formula is C15H21N5S. The predicted octanol–water partition coefficient (Wildman–Crippen LogP) is 2.43. The van der Waals surface area contributed by atoms with E-state index in [1.54, 1.807) is 23.7 Å². The molecule has 1 aliphatic rings. The van der Waals surface area contributed by atoms with E-state index in [0.717, 1.165) is 31.0 Å². The Morgan fingerprint density at radius 3 is 3.00 bits per heavy atom. The predicted molar refractivity (Wildman–Crippen MR) is 85.4 cm³/mol. The first-order chi connectivity index (χ1) is 10.3. The fraction of sp³-hybridized carbons (Fsp3) is 0.533. The Morgan fingerprint density at radius 2 is 2.19 bits per heavy atom. The number of likely N-dealkylation sites (tertiary alicyclic amines) is 1. The molecule has 6 heteroatoms. The molecular weight excluding hydrogens is 282 g/mol. The molecule has 1 atom stereocenters. The lowest BCUT2D eigenvalue weighted by Crippen LogP contribution is -2.35. The maximum Gasteiger partial charge on any atom is 0.147 e. The Kier molecular flexibility index (Phi) is 4.77. The molecule has 0 spiro atoms. The highest BCUT2D eigenvalue weighted by Crippen LogP contribution is 2.23. The molecule has 1 saturated heterocycles. The maximum atomic E-state index is 4.49. The molecule has 3 rings (SSSR count). The Bertz CT molecular complexity index is 557. The number of anilines is 1. The minimum atomic E-state index is 0.655. The van der Waals surface area contributed by atoms with E-state index in [2.05, 4.69) is 30.5 Å². The van der Waals surface area contributed by atoms with Crippen LogP contribution in [0.2, 0.25) is 0 Å². The summed E-state index contributed by atoms with van der Waals surface area (Å²) in [6, 6.07) is 0. The van der Waals surface area contributed by atoms with Gasteiger partial charge in [-0.3, -0.25) is 9.88 Å². The summed E-state index contributed by atoms with van der Waals surface area (Å²) < 4.78 is 0. The highest BCUT2D eigenvalue weighted by atomic mass is 32.1. The zero-order valence-corrected chi connectivity index (χ0v) is 13.1. The van der Waals surface area contributed by atoms with Crippen molar-refractivity contribution in [2.24, 2.45) is 5.92 Å². The van der Waals surface area contributed by atoms with E-state index in [0.29, 0.717) is 5.92 Å². The monoisotopic (exact) mass is 303 g/mol. The van der Waals surface area contributed by atoms with Crippen molar-refractivity contribution >= 4 is 17.2 Å². The van der Waals surface area contributed by atoms with Crippen molar-refractivity contribution < 1.29 is 0 Å². The van der Waals surface area contributed by atoms with E-state index < -0.39 is 0 Å². The molecule has 1 aliphatic heterocycles. The number of nitrogens with zero attached hydrogens (tertiary/aromatic N) is 4. The topological polar surface area (TPSA) is 53.9 Å². The molecule has 0 saturated carbocycles. The molecule has 1 N–H and O–H groups in total. The number of thiazole rings is 1. The molecule has 0 bridgehead atoms. The molecule has 3 heterocycles. The van der Waals surface area contributed by atoms with Crippen LogP contribution in [0, 0.1) is 5.92 Å². The number of rotatable bonds is 5. The van der Waals surface area contributed by atoms with E-state index in [4.69, 9.17) is 0 Å². The smallest absolute Gasteiger partial charge is 0.147 e. The minimum absolute atomic E-state index is 0.655. The molecule has 21 heavy (non-hydrogen) atoms. The van der Waals surface area contributed by atoms with Crippen LogP contribution in [-0.2, 0) is 13.0 Å². The zero-order chi connectivity index (χ0) is 14.5. The summed E-state index contributed by atoms with van der Waals surface area (Å²) in [4.78, 5) is 15.7. The van der Waals surface area contributed by atoms with E-state index >= 15 is 0 Å². The molecule has 0 amide bonds. The van der Waals surface area contributed by atoms with Crippen LogP contribution < -0.4 is 5.32 Å². The summed E-state index contributed by atoms with van der Waals surface area (Å²) in [7, 11) is 1.91. The number of nitrogens with one attached hydrogen (secondary N) is 1. The number of aromatic nitrogens is 3. The van der Waals surface area contributed by atoms with Gasteiger partial charge in [0.25, 0.3) is 0 Å². The third-order valence-electron chi connectivity index (χ3n) is 3.94. The quantitative estimate of drug-likeness (QED) is 0.919. The van der Waals surface area contributed by atoms with Crippen molar-refractivity contribution in [1.82, 2.24) is 19.9 Å². The summed E-state index contributed by atoms with van der Waals surface area (Å²) in [5, 5.41) is 6.40. The molecule has 0 aliphatic carbocycles. The highest BCUT2D eigenvalue weighted by molar-refractivity contribution is 7.09. The van der Waals surface area contributed by atoms with Crippen molar-refractivity contribution in [3.63, 3.8) is 0 Å². The zero-order valence-electron chi connectivity index (χ0n) is 12.3. The van der Waals surface area contributed by atoms with E-state index in [9.17, 15) is 0 Å². The van der Waals surface area contributed by atoms with Crippen molar-refractivity contribution in [3.8, 4) is 0 Å². The summed E-state index contributed by atoms with van der Waals surface area (Å²) >= 11 is 1.74. The van der Waals surface area contributed by atoms with Crippen LogP contribution in [0.3, 0.4) is 0 Å². The van der Waals surface area contributed by atoms with Gasteiger partial charge in [-0.2, -0.15) is 0 Å². The van der Waals surface area contributed by atoms with Crippen LogP contribution in [0.1, 0.15) is 23.5 Å². The average molecular weight is 303 g/mol. The van der Waals surface area contributed by atoms with Crippen molar-refractivity contribution in [3.05, 3.63) is 34.7 Å². The Hall–Kier alpha value is -1.53. The van der Waals surface area contributed by atoms with Gasteiger partial charge in [0.2, 0.25) is 0 Å². The molecule has 5 nitrogen and oxygen atoms in total. The lowest BCUT2D eigenvalue weighted by Gasteiger charge is -2.32. The summed E-state index contributed by atoms with van der Waals surface area (Å²) in [5.74, 6) is 1.57. The fourth-order valence-electron chi connectivity index (χ4n) is 2.98. The molecule has 2 aromatic heterocycles. The molecule has 1 fully saturated rings. The van der Waals surface area contributed by atoms with Gasteiger partial charge in [0.15, 0.2) is 0 Å². The molecule has 0 unspecified atom stereocenters. The van der Waals surface area contributed by atoms with Crippen molar-refractivity contribution in [2.45, 2.75) is 25.8 Å². The van der Waals surface area contributed by atoms with Crippen molar-refractivity contribution in [2.75, 3.05) is 25.5 Å². The molecule has 2 aromatic rings. The Balaban J connectivity index is 1.60. The summed E-state index contributed by atoms with van der Waals surface area (Å²) in [6.07, 6.45) is 8.94. The van der Waals surface area contributed by atoms with Crippen LogP contribution in [0.25, 0.3) is 0 Å². The summed E-state index contributed by atoms with van der Waals surface area (Å²) in [6.45, 7) is 3.28. The molecule has 0 aromatic carbocycles. The van der Waals surface area contributed by atoms with Gasteiger partial charge in [-0.05, 0) is 31.7 Å². The third-order valence-corrected chi connectivity index (χ3v) is 4.70. The lowest BCUT2D eigenvalue weighted by atomic mass is 9.93. The van der Waals surface area contributed by atoms with E-state index in [-0.39, 0.29) is 0 Å². The highest BCUT2D eigenvalue weighted by Gasteiger charge is 2.22. The van der Waals surface area contributed by atoms with Crippen LogP contribution in [-0.4, -0.2) is 40.0 Å². The average Bonchev–Trinajstić information content (AvgIpc) is 3.01. The first-order valence-electron chi connectivity index (χ1n) is 7.43.